The van der Waals surface area contributed by atoms with Gasteiger partial charge in [-0.3, -0.25) is 4.79 Å². The number of hydrogen-bond donors (Lipinski definition) is 2. The van der Waals surface area contributed by atoms with Crippen LogP contribution in [0.15, 0.2) is 22.7 Å². The second-order valence-corrected chi connectivity index (χ2v) is 5.62. The van der Waals surface area contributed by atoms with Crippen molar-refractivity contribution in [1.29, 1.82) is 0 Å². The summed E-state index contributed by atoms with van der Waals surface area (Å²) in [6.07, 6.45) is 0.606. The molecule has 1 unspecified atom stereocenters. The zero-order valence-corrected chi connectivity index (χ0v) is 11.2. The summed E-state index contributed by atoms with van der Waals surface area (Å²) in [4.78, 5) is 13.8. The number of β-amino-alcohol motifs (C(OH)–C–C–N with tert-alkyl or cyclic N) is 1. The Morgan fingerprint density at radius 2 is 2.29 bits per heavy atom. The zero-order valence-electron chi connectivity index (χ0n) is 9.61. The fourth-order valence-electron chi connectivity index (χ4n) is 2.02. The van der Waals surface area contributed by atoms with Crippen LogP contribution in [0, 0.1) is 0 Å². The number of nitrogens with zero attached hydrogens (tertiary/aromatic N) is 1. The monoisotopic (exact) mass is 298 g/mol. The van der Waals surface area contributed by atoms with Gasteiger partial charge in [0, 0.05) is 23.2 Å². The van der Waals surface area contributed by atoms with Crippen molar-refractivity contribution in [3.8, 4) is 0 Å². The number of rotatable bonds is 1. The molecule has 1 amide bonds. The highest BCUT2D eigenvalue weighted by atomic mass is 79.9. The number of carbonyl (C=O) groups excluding carboxylic acids is 1. The molecule has 1 atom stereocenters. The summed E-state index contributed by atoms with van der Waals surface area (Å²) in [5, 5.41) is 9.84. The van der Waals surface area contributed by atoms with Gasteiger partial charge in [-0.1, -0.05) is 15.9 Å². The number of aliphatic hydroxyl groups is 1. The van der Waals surface area contributed by atoms with Crippen LogP contribution in [0.3, 0.4) is 0 Å². The second-order valence-electron chi connectivity index (χ2n) is 4.71. The van der Waals surface area contributed by atoms with E-state index in [4.69, 9.17) is 5.73 Å². The molecule has 4 nitrogen and oxygen atoms in total. The molecule has 0 saturated carbocycles. The lowest BCUT2D eigenvalue weighted by Crippen LogP contribution is -2.34. The van der Waals surface area contributed by atoms with Crippen molar-refractivity contribution < 1.29 is 9.90 Å². The number of benzene rings is 1. The largest absolute Gasteiger partial charge is 0.398 e. The number of carbonyl (C=O) groups is 1. The molecule has 5 heteroatoms. The first-order chi connectivity index (χ1) is 7.89. The third-order valence-electron chi connectivity index (χ3n) is 2.98. The number of halogens is 1. The van der Waals surface area contributed by atoms with E-state index >= 15 is 0 Å². The van der Waals surface area contributed by atoms with Crippen LogP contribution < -0.4 is 5.73 Å². The Kier molecular flexibility index (Phi) is 3.14. The highest BCUT2D eigenvalue weighted by molar-refractivity contribution is 9.10. The van der Waals surface area contributed by atoms with Crippen LogP contribution in [0.2, 0.25) is 0 Å². The second kappa shape index (κ2) is 4.31. The van der Waals surface area contributed by atoms with Gasteiger partial charge in [0.2, 0.25) is 0 Å². The Morgan fingerprint density at radius 3 is 2.82 bits per heavy atom. The third kappa shape index (κ3) is 2.61. The average Bonchev–Trinajstić information content (AvgIpc) is 2.58. The maximum absolute atomic E-state index is 12.2. The topological polar surface area (TPSA) is 66.6 Å². The van der Waals surface area contributed by atoms with Crippen LogP contribution in [-0.4, -0.2) is 34.6 Å². The number of nitrogens with two attached hydrogens (primary N) is 1. The van der Waals surface area contributed by atoms with E-state index in [1.165, 1.54) is 0 Å². The highest BCUT2D eigenvalue weighted by Gasteiger charge is 2.34. The van der Waals surface area contributed by atoms with Gasteiger partial charge in [-0.25, -0.2) is 0 Å². The molecular formula is C12H15BrN2O2. The first kappa shape index (κ1) is 12.4. The van der Waals surface area contributed by atoms with Crippen molar-refractivity contribution in [3.05, 3.63) is 28.2 Å². The lowest BCUT2D eigenvalue weighted by molar-refractivity contribution is 0.0572. The minimum atomic E-state index is -0.778. The molecule has 0 aliphatic carbocycles. The smallest absolute Gasteiger partial charge is 0.256 e. The minimum absolute atomic E-state index is 0.118. The van der Waals surface area contributed by atoms with Gasteiger partial charge in [0.15, 0.2) is 0 Å². The molecule has 1 saturated heterocycles. The van der Waals surface area contributed by atoms with Crippen LogP contribution >= 0.6 is 15.9 Å². The lowest BCUT2D eigenvalue weighted by Gasteiger charge is -2.19. The van der Waals surface area contributed by atoms with Crippen molar-refractivity contribution in [3.63, 3.8) is 0 Å². The summed E-state index contributed by atoms with van der Waals surface area (Å²) >= 11 is 3.30. The van der Waals surface area contributed by atoms with Crippen LogP contribution in [0.4, 0.5) is 5.69 Å². The lowest BCUT2D eigenvalue weighted by atomic mass is 10.1. The summed E-state index contributed by atoms with van der Waals surface area (Å²) in [6, 6.07) is 5.20. The average molecular weight is 299 g/mol. The van der Waals surface area contributed by atoms with E-state index in [0.29, 0.717) is 30.8 Å². The predicted octanol–water partition coefficient (Wildman–Crippen LogP) is 1.63. The quantitative estimate of drug-likeness (QED) is 0.775. The molecule has 3 N–H and O–H groups in total. The summed E-state index contributed by atoms with van der Waals surface area (Å²) in [6.45, 7) is 2.67. The SMILES string of the molecule is CC1(O)CCN(C(=O)c2ccc(Br)cc2N)C1. The third-order valence-corrected chi connectivity index (χ3v) is 3.48. The Balaban J connectivity index is 2.21. The molecule has 1 heterocycles. The Hall–Kier alpha value is -1.07. The molecule has 1 aliphatic heterocycles. The van der Waals surface area contributed by atoms with Gasteiger partial charge < -0.3 is 15.7 Å². The molecule has 1 aromatic carbocycles. The Bertz CT molecular complexity index is 460. The Morgan fingerprint density at radius 1 is 1.59 bits per heavy atom. The maximum atomic E-state index is 12.2. The van der Waals surface area contributed by atoms with Crippen molar-refractivity contribution in [2.24, 2.45) is 0 Å². The van der Waals surface area contributed by atoms with Crippen molar-refractivity contribution >= 4 is 27.5 Å². The molecule has 0 aromatic heterocycles. The molecule has 2 rings (SSSR count). The number of amides is 1. The van der Waals surface area contributed by atoms with Crippen molar-refractivity contribution in [2.45, 2.75) is 18.9 Å². The normalized spacial score (nSPS) is 24.1. The first-order valence-corrected chi connectivity index (χ1v) is 6.25. The fraction of sp³-hybridized carbons (Fsp3) is 0.417. The molecule has 17 heavy (non-hydrogen) atoms. The molecule has 92 valence electrons. The Labute approximate surface area is 109 Å². The van der Waals surface area contributed by atoms with E-state index in [1.807, 2.05) is 0 Å². The first-order valence-electron chi connectivity index (χ1n) is 5.46. The summed E-state index contributed by atoms with van der Waals surface area (Å²) in [5.74, 6) is -0.118. The molecule has 0 spiro atoms. The zero-order chi connectivity index (χ0) is 12.6. The van der Waals surface area contributed by atoms with E-state index in [2.05, 4.69) is 15.9 Å². The van der Waals surface area contributed by atoms with Gasteiger partial charge in [-0.05, 0) is 31.5 Å². The van der Waals surface area contributed by atoms with E-state index in [0.717, 1.165) is 4.47 Å². The number of hydrogen-bond acceptors (Lipinski definition) is 3. The van der Waals surface area contributed by atoms with Crippen molar-refractivity contribution in [1.82, 2.24) is 4.90 Å². The molecule has 1 aliphatic rings. The summed E-state index contributed by atoms with van der Waals surface area (Å²) in [7, 11) is 0. The van der Waals surface area contributed by atoms with Gasteiger partial charge in [-0.15, -0.1) is 0 Å². The molecular weight excluding hydrogens is 284 g/mol. The van der Waals surface area contributed by atoms with Gasteiger partial charge in [0.05, 0.1) is 11.2 Å². The van der Waals surface area contributed by atoms with Gasteiger partial charge in [0.1, 0.15) is 0 Å². The van der Waals surface area contributed by atoms with Gasteiger partial charge >= 0.3 is 0 Å². The number of likely N-dealkylation sites (tertiary alicyclic amines) is 1. The summed E-state index contributed by atoms with van der Waals surface area (Å²) < 4.78 is 0.847. The maximum Gasteiger partial charge on any atom is 0.256 e. The number of nitrogen functional groups attached to an aromatic ring is 1. The van der Waals surface area contributed by atoms with Crippen LogP contribution in [0.25, 0.3) is 0 Å². The molecule has 0 radical (unpaired) electrons. The highest BCUT2D eigenvalue weighted by Crippen LogP contribution is 2.25. The fourth-order valence-corrected chi connectivity index (χ4v) is 2.40. The van der Waals surface area contributed by atoms with E-state index < -0.39 is 5.60 Å². The molecule has 1 fully saturated rings. The predicted molar refractivity (Wildman–Crippen MR) is 69.7 cm³/mol. The van der Waals surface area contributed by atoms with Crippen LogP contribution in [0.5, 0.6) is 0 Å². The molecule has 0 bridgehead atoms. The van der Waals surface area contributed by atoms with E-state index in [9.17, 15) is 9.90 Å². The van der Waals surface area contributed by atoms with Gasteiger partial charge in [0.25, 0.3) is 5.91 Å². The van der Waals surface area contributed by atoms with Crippen molar-refractivity contribution in [2.75, 3.05) is 18.8 Å². The summed E-state index contributed by atoms with van der Waals surface area (Å²) in [5.41, 5.74) is 5.99. The van der Waals surface area contributed by atoms with E-state index in [-0.39, 0.29) is 5.91 Å². The number of anilines is 1. The van der Waals surface area contributed by atoms with Crippen LogP contribution in [0.1, 0.15) is 23.7 Å². The minimum Gasteiger partial charge on any atom is -0.398 e. The standard InChI is InChI=1S/C12H15BrN2O2/c1-12(17)4-5-15(7-12)11(16)9-3-2-8(13)6-10(9)14/h2-3,6,17H,4-5,7,14H2,1H3. The van der Waals surface area contributed by atoms with Crippen LogP contribution in [-0.2, 0) is 0 Å². The molecule has 1 aromatic rings. The van der Waals surface area contributed by atoms with E-state index in [1.54, 1.807) is 30.0 Å². The van der Waals surface area contributed by atoms with Gasteiger partial charge in [-0.2, -0.15) is 0 Å².